The van der Waals surface area contributed by atoms with Crippen LogP contribution in [0.4, 0.5) is 0 Å². The number of amides is 1. The van der Waals surface area contributed by atoms with Crippen LogP contribution in [-0.4, -0.2) is 41.4 Å². The van der Waals surface area contributed by atoms with Crippen molar-refractivity contribution < 1.29 is 24.2 Å². The molecule has 2 unspecified atom stereocenters. The van der Waals surface area contributed by atoms with Gasteiger partial charge >= 0.3 is 0 Å². The summed E-state index contributed by atoms with van der Waals surface area (Å²) in [5, 5.41) is 8.67. The van der Waals surface area contributed by atoms with Crippen LogP contribution >= 0.6 is 0 Å². The predicted octanol–water partition coefficient (Wildman–Crippen LogP) is -1.05. The van der Waals surface area contributed by atoms with Crippen LogP contribution in [0.1, 0.15) is 6.42 Å². The maximum atomic E-state index is 11.1. The SMILES string of the molecule is O=COC1/C(=C/CO)OC2CC(=O)N21. The van der Waals surface area contributed by atoms with Crippen molar-refractivity contribution >= 4 is 12.4 Å². The summed E-state index contributed by atoms with van der Waals surface area (Å²) in [5.74, 6) is 0.193. The van der Waals surface area contributed by atoms with Gasteiger partial charge in [0.2, 0.25) is 12.1 Å². The molecular weight excluding hydrogens is 190 g/mol. The van der Waals surface area contributed by atoms with E-state index in [-0.39, 0.29) is 25.2 Å². The van der Waals surface area contributed by atoms with Gasteiger partial charge < -0.3 is 14.6 Å². The van der Waals surface area contributed by atoms with Crippen LogP contribution < -0.4 is 0 Å². The summed E-state index contributed by atoms with van der Waals surface area (Å²) in [6, 6.07) is 0. The number of nitrogens with zero attached hydrogens (tertiary/aromatic N) is 1. The predicted molar refractivity (Wildman–Crippen MR) is 42.4 cm³/mol. The number of carbonyl (C=O) groups is 2. The van der Waals surface area contributed by atoms with Crippen molar-refractivity contribution in [1.29, 1.82) is 0 Å². The van der Waals surface area contributed by atoms with Crippen LogP contribution in [0, 0.1) is 0 Å². The molecule has 6 heteroatoms. The Balaban J connectivity index is 2.17. The number of hydrogen-bond donors (Lipinski definition) is 1. The van der Waals surface area contributed by atoms with Crippen LogP contribution in [0.5, 0.6) is 0 Å². The first-order valence-corrected chi connectivity index (χ1v) is 4.15. The van der Waals surface area contributed by atoms with Crippen molar-refractivity contribution in [2.24, 2.45) is 0 Å². The topological polar surface area (TPSA) is 76.1 Å². The van der Waals surface area contributed by atoms with E-state index < -0.39 is 6.23 Å². The summed E-state index contributed by atoms with van der Waals surface area (Å²) in [5.41, 5.74) is 0. The lowest BCUT2D eigenvalue weighted by atomic mass is 10.2. The molecule has 2 saturated heterocycles. The third kappa shape index (κ3) is 1.15. The molecule has 0 saturated carbocycles. The van der Waals surface area contributed by atoms with E-state index in [1.807, 2.05) is 0 Å². The van der Waals surface area contributed by atoms with Crippen molar-refractivity contribution in [3.05, 3.63) is 11.8 Å². The van der Waals surface area contributed by atoms with E-state index in [9.17, 15) is 9.59 Å². The molecular formula is C8H9NO5. The highest BCUT2D eigenvalue weighted by Crippen LogP contribution is 2.36. The lowest BCUT2D eigenvalue weighted by Crippen LogP contribution is -2.53. The van der Waals surface area contributed by atoms with Crippen LogP contribution in [0.3, 0.4) is 0 Å². The van der Waals surface area contributed by atoms with E-state index >= 15 is 0 Å². The zero-order chi connectivity index (χ0) is 10.1. The van der Waals surface area contributed by atoms with E-state index in [1.165, 1.54) is 11.0 Å². The Morgan fingerprint density at radius 1 is 1.71 bits per heavy atom. The first-order chi connectivity index (χ1) is 6.77. The molecule has 2 aliphatic heterocycles. The summed E-state index contributed by atoms with van der Waals surface area (Å²) in [4.78, 5) is 22.6. The first kappa shape index (κ1) is 9.01. The molecule has 2 aliphatic rings. The lowest BCUT2D eigenvalue weighted by Gasteiger charge is -2.33. The van der Waals surface area contributed by atoms with E-state index in [2.05, 4.69) is 0 Å². The Morgan fingerprint density at radius 2 is 2.50 bits per heavy atom. The molecule has 0 bridgehead atoms. The molecule has 76 valence electrons. The van der Waals surface area contributed by atoms with Crippen molar-refractivity contribution in [3.63, 3.8) is 0 Å². The maximum Gasteiger partial charge on any atom is 0.295 e. The van der Waals surface area contributed by atoms with Crippen LogP contribution in [0.15, 0.2) is 11.8 Å². The Morgan fingerprint density at radius 3 is 3.07 bits per heavy atom. The zero-order valence-electron chi connectivity index (χ0n) is 7.25. The Kier molecular flexibility index (Phi) is 2.12. The van der Waals surface area contributed by atoms with Gasteiger partial charge in [-0.05, 0) is 6.08 Å². The average Bonchev–Trinajstić information content (AvgIpc) is 2.40. The fourth-order valence-electron chi connectivity index (χ4n) is 1.56. The number of fused-ring (bicyclic) bond motifs is 1. The normalized spacial score (nSPS) is 32.2. The largest absolute Gasteiger partial charge is 0.468 e. The quantitative estimate of drug-likeness (QED) is 0.463. The third-order valence-corrected chi connectivity index (χ3v) is 2.19. The van der Waals surface area contributed by atoms with Gasteiger partial charge in [-0.1, -0.05) is 0 Å². The molecule has 0 aromatic heterocycles. The van der Waals surface area contributed by atoms with Gasteiger partial charge in [0.15, 0.2) is 12.0 Å². The molecule has 0 spiro atoms. The fourth-order valence-corrected chi connectivity index (χ4v) is 1.56. The Hall–Kier alpha value is -1.56. The molecule has 2 heterocycles. The van der Waals surface area contributed by atoms with Gasteiger partial charge in [0, 0.05) is 0 Å². The molecule has 2 rings (SSSR count). The molecule has 14 heavy (non-hydrogen) atoms. The van der Waals surface area contributed by atoms with Gasteiger partial charge in [-0.15, -0.1) is 0 Å². The summed E-state index contributed by atoms with van der Waals surface area (Å²) in [6.45, 7) is 0.0377. The van der Waals surface area contributed by atoms with Gasteiger partial charge in [-0.3, -0.25) is 14.5 Å². The summed E-state index contributed by atoms with van der Waals surface area (Å²) in [6.07, 6.45) is 0.525. The summed E-state index contributed by atoms with van der Waals surface area (Å²) in [7, 11) is 0. The summed E-state index contributed by atoms with van der Waals surface area (Å²) >= 11 is 0. The van der Waals surface area contributed by atoms with Gasteiger partial charge in [0.05, 0.1) is 13.0 Å². The minimum absolute atomic E-state index is 0.122. The minimum atomic E-state index is -0.800. The van der Waals surface area contributed by atoms with Gasteiger partial charge in [0.1, 0.15) is 0 Å². The zero-order valence-corrected chi connectivity index (χ0v) is 7.25. The van der Waals surface area contributed by atoms with Crippen molar-refractivity contribution in [1.82, 2.24) is 4.90 Å². The monoisotopic (exact) mass is 199 g/mol. The first-order valence-electron chi connectivity index (χ1n) is 4.15. The molecule has 0 radical (unpaired) electrons. The molecule has 0 aliphatic carbocycles. The molecule has 1 N–H and O–H groups in total. The molecule has 0 aromatic carbocycles. The summed E-state index contributed by atoms with van der Waals surface area (Å²) < 4.78 is 9.95. The number of hydrogen-bond acceptors (Lipinski definition) is 5. The third-order valence-electron chi connectivity index (χ3n) is 2.19. The molecule has 1 amide bonds. The Labute approximate surface area is 79.7 Å². The second-order valence-corrected chi connectivity index (χ2v) is 2.95. The second-order valence-electron chi connectivity index (χ2n) is 2.95. The standard InChI is InChI=1S/C8H9NO5/c10-2-1-5-8(13-4-11)9-6(12)3-7(9)14-5/h1,4,7-8,10H,2-3H2/b5-1-. The van der Waals surface area contributed by atoms with Crippen LogP contribution in [0.2, 0.25) is 0 Å². The van der Waals surface area contributed by atoms with E-state index in [0.29, 0.717) is 12.2 Å². The van der Waals surface area contributed by atoms with Gasteiger partial charge in [0.25, 0.3) is 6.47 Å². The van der Waals surface area contributed by atoms with E-state index in [1.54, 1.807) is 0 Å². The number of carbonyl (C=O) groups excluding carboxylic acids is 2. The highest BCUT2D eigenvalue weighted by Gasteiger charge is 2.51. The van der Waals surface area contributed by atoms with Crippen molar-refractivity contribution in [2.75, 3.05) is 6.61 Å². The maximum absolute atomic E-state index is 11.1. The van der Waals surface area contributed by atoms with Crippen molar-refractivity contribution in [2.45, 2.75) is 18.9 Å². The van der Waals surface area contributed by atoms with E-state index in [0.717, 1.165) is 0 Å². The smallest absolute Gasteiger partial charge is 0.295 e. The fraction of sp³-hybridized carbons (Fsp3) is 0.500. The molecule has 6 nitrogen and oxygen atoms in total. The minimum Gasteiger partial charge on any atom is -0.468 e. The average molecular weight is 199 g/mol. The van der Waals surface area contributed by atoms with Crippen LogP contribution in [0.25, 0.3) is 0 Å². The van der Waals surface area contributed by atoms with Gasteiger partial charge in [-0.25, -0.2) is 0 Å². The second kappa shape index (κ2) is 3.30. The number of aliphatic hydroxyl groups is 1. The Bertz CT molecular complexity index is 300. The van der Waals surface area contributed by atoms with Crippen LogP contribution in [-0.2, 0) is 19.1 Å². The number of rotatable bonds is 3. The molecule has 2 atom stereocenters. The highest BCUT2D eigenvalue weighted by molar-refractivity contribution is 5.83. The number of β-lactam (4-membered cyclic amide) rings is 1. The highest BCUT2D eigenvalue weighted by atomic mass is 16.6. The number of aliphatic hydroxyl groups excluding tert-OH is 1. The molecule has 2 fully saturated rings. The van der Waals surface area contributed by atoms with Gasteiger partial charge in [-0.2, -0.15) is 0 Å². The lowest BCUT2D eigenvalue weighted by molar-refractivity contribution is -0.169. The van der Waals surface area contributed by atoms with E-state index in [4.69, 9.17) is 14.6 Å². The molecule has 0 aromatic rings. The van der Waals surface area contributed by atoms with Crippen molar-refractivity contribution in [3.8, 4) is 0 Å². The number of ether oxygens (including phenoxy) is 2.